The van der Waals surface area contributed by atoms with Gasteiger partial charge in [-0.25, -0.2) is 4.98 Å². The first-order valence-electron chi connectivity index (χ1n) is 3.53. The van der Waals surface area contributed by atoms with E-state index in [0.29, 0.717) is 6.42 Å². The number of aliphatic hydroxyl groups excluding tert-OH is 1. The molecule has 0 spiro atoms. The van der Waals surface area contributed by atoms with Crippen molar-refractivity contribution in [3.8, 4) is 0 Å². The molecule has 5 heteroatoms. The zero-order valence-corrected chi connectivity index (χ0v) is 7.25. The van der Waals surface area contributed by atoms with Crippen molar-refractivity contribution < 1.29 is 9.90 Å². The first-order chi connectivity index (χ1) is 5.86. The number of aromatic nitrogens is 1. The number of carbonyl (C=O) groups excluding carboxylic acids is 1. The lowest BCUT2D eigenvalue weighted by Crippen LogP contribution is -2.33. The van der Waals surface area contributed by atoms with Crippen molar-refractivity contribution >= 4 is 17.6 Å². The van der Waals surface area contributed by atoms with E-state index in [9.17, 15) is 4.79 Å². The van der Waals surface area contributed by atoms with Gasteiger partial charge in [-0.05, 0) is 0 Å². The third-order valence-electron chi connectivity index (χ3n) is 1.43. The van der Waals surface area contributed by atoms with E-state index >= 15 is 0 Å². The monoisotopic (exact) mass is 186 g/mol. The number of rotatable bonds is 5. The molecule has 0 saturated heterocycles. The van der Waals surface area contributed by atoms with Crippen LogP contribution in [0.5, 0.6) is 0 Å². The van der Waals surface area contributed by atoms with Crippen LogP contribution in [0.15, 0.2) is 10.9 Å². The Morgan fingerprint density at radius 3 is 3.17 bits per heavy atom. The maximum atomic E-state index is 10.4. The number of thiazole rings is 1. The highest BCUT2D eigenvalue weighted by Gasteiger charge is 2.07. The van der Waals surface area contributed by atoms with Crippen LogP contribution < -0.4 is 5.32 Å². The van der Waals surface area contributed by atoms with Gasteiger partial charge in [-0.1, -0.05) is 0 Å². The topological polar surface area (TPSA) is 62.2 Å². The SMILES string of the molecule is O=C[C@H](Cc1cscn1)NCO. The molecule has 0 aliphatic heterocycles. The minimum absolute atomic E-state index is 0.187. The number of aldehydes is 1. The molecule has 4 nitrogen and oxygen atoms in total. The van der Waals surface area contributed by atoms with Crippen LogP contribution in [0.25, 0.3) is 0 Å². The van der Waals surface area contributed by atoms with Crippen molar-refractivity contribution in [2.75, 3.05) is 6.73 Å². The molecule has 1 heterocycles. The smallest absolute Gasteiger partial charge is 0.137 e. The second kappa shape index (κ2) is 4.97. The van der Waals surface area contributed by atoms with Crippen LogP contribution in [0, 0.1) is 0 Å². The van der Waals surface area contributed by atoms with Crippen molar-refractivity contribution in [2.24, 2.45) is 0 Å². The van der Waals surface area contributed by atoms with Gasteiger partial charge < -0.3 is 9.90 Å². The molecule has 0 bridgehead atoms. The average Bonchev–Trinajstić information content (AvgIpc) is 2.56. The molecule has 0 aliphatic carbocycles. The van der Waals surface area contributed by atoms with E-state index in [0.717, 1.165) is 12.0 Å². The fraction of sp³-hybridized carbons (Fsp3) is 0.429. The van der Waals surface area contributed by atoms with E-state index in [4.69, 9.17) is 5.11 Å². The molecule has 0 aromatic carbocycles. The first-order valence-corrected chi connectivity index (χ1v) is 4.47. The standard InChI is InChI=1S/C7H10N2O2S/c10-2-6(8-4-11)1-7-3-12-5-9-7/h2-3,5-6,8,11H,1,4H2/t6-/m0/s1. The Bertz CT molecular complexity index is 225. The maximum Gasteiger partial charge on any atom is 0.137 e. The fourth-order valence-corrected chi connectivity index (χ4v) is 1.42. The molecule has 0 fully saturated rings. The van der Waals surface area contributed by atoms with Crippen molar-refractivity contribution in [3.05, 3.63) is 16.6 Å². The van der Waals surface area contributed by atoms with Crippen molar-refractivity contribution in [2.45, 2.75) is 12.5 Å². The molecule has 0 unspecified atom stereocenters. The summed E-state index contributed by atoms with van der Waals surface area (Å²) in [6.45, 7) is -0.187. The molecule has 0 radical (unpaired) electrons. The Hall–Kier alpha value is -0.780. The third-order valence-corrected chi connectivity index (χ3v) is 2.07. The summed E-state index contributed by atoms with van der Waals surface area (Å²) in [5.74, 6) is 0. The summed E-state index contributed by atoms with van der Waals surface area (Å²) >= 11 is 1.49. The van der Waals surface area contributed by atoms with Gasteiger partial charge in [-0.3, -0.25) is 5.32 Å². The van der Waals surface area contributed by atoms with Crippen LogP contribution >= 0.6 is 11.3 Å². The van der Waals surface area contributed by atoms with Gasteiger partial charge in [0, 0.05) is 11.8 Å². The Kier molecular flexibility index (Phi) is 3.86. The van der Waals surface area contributed by atoms with Gasteiger partial charge in [0.15, 0.2) is 0 Å². The van der Waals surface area contributed by atoms with Crippen LogP contribution in [0.3, 0.4) is 0 Å². The van der Waals surface area contributed by atoms with Crippen LogP contribution in [0.1, 0.15) is 5.69 Å². The number of hydrogen-bond donors (Lipinski definition) is 2. The van der Waals surface area contributed by atoms with Gasteiger partial charge >= 0.3 is 0 Å². The number of hydrogen-bond acceptors (Lipinski definition) is 5. The molecule has 0 saturated carbocycles. The quantitative estimate of drug-likeness (QED) is 0.493. The van der Waals surface area contributed by atoms with E-state index in [1.54, 1.807) is 5.51 Å². The molecule has 1 rings (SSSR count). The van der Waals surface area contributed by atoms with E-state index in [-0.39, 0.29) is 12.8 Å². The lowest BCUT2D eigenvalue weighted by Gasteiger charge is -2.07. The first kappa shape index (κ1) is 9.31. The van der Waals surface area contributed by atoms with E-state index in [2.05, 4.69) is 10.3 Å². The second-order valence-corrected chi connectivity index (χ2v) is 3.01. The molecule has 66 valence electrons. The van der Waals surface area contributed by atoms with Crippen LogP contribution in [0.4, 0.5) is 0 Å². The Morgan fingerprint density at radius 2 is 2.67 bits per heavy atom. The highest BCUT2D eigenvalue weighted by Crippen LogP contribution is 2.03. The fourth-order valence-electron chi connectivity index (χ4n) is 0.849. The second-order valence-electron chi connectivity index (χ2n) is 2.29. The summed E-state index contributed by atoms with van der Waals surface area (Å²) in [7, 11) is 0. The molecule has 1 aromatic rings. The molecule has 0 aliphatic rings. The van der Waals surface area contributed by atoms with E-state index < -0.39 is 0 Å². The summed E-state index contributed by atoms with van der Waals surface area (Å²) in [5.41, 5.74) is 2.59. The van der Waals surface area contributed by atoms with Gasteiger partial charge in [0.25, 0.3) is 0 Å². The summed E-state index contributed by atoms with van der Waals surface area (Å²) in [6, 6.07) is -0.336. The van der Waals surface area contributed by atoms with Crippen molar-refractivity contribution in [3.63, 3.8) is 0 Å². The average molecular weight is 186 g/mol. The molecular weight excluding hydrogens is 176 g/mol. The number of aliphatic hydroxyl groups is 1. The maximum absolute atomic E-state index is 10.4. The number of carbonyl (C=O) groups is 1. The predicted octanol–water partition coefficient (Wildman–Crippen LogP) is -0.207. The molecule has 1 aromatic heterocycles. The highest BCUT2D eigenvalue weighted by atomic mass is 32.1. The molecule has 1 atom stereocenters. The lowest BCUT2D eigenvalue weighted by molar-refractivity contribution is -0.109. The van der Waals surface area contributed by atoms with Gasteiger partial charge in [0.1, 0.15) is 6.29 Å². The van der Waals surface area contributed by atoms with Gasteiger partial charge in [-0.15, -0.1) is 11.3 Å². The number of nitrogens with one attached hydrogen (secondary N) is 1. The predicted molar refractivity (Wildman–Crippen MR) is 45.9 cm³/mol. The molecule has 0 amide bonds. The van der Waals surface area contributed by atoms with Crippen molar-refractivity contribution in [1.82, 2.24) is 10.3 Å². The van der Waals surface area contributed by atoms with Crippen LogP contribution in [0.2, 0.25) is 0 Å². The third kappa shape index (κ3) is 2.69. The minimum atomic E-state index is -0.336. The molecule has 2 N–H and O–H groups in total. The Labute approximate surface area is 74.3 Å². The van der Waals surface area contributed by atoms with Crippen LogP contribution in [-0.4, -0.2) is 29.1 Å². The summed E-state index contributed by atoms with van der Waals surface area (Å²) in [5, 5.41) is 13.0. The Morgan fingerprint density at radius 1 is 1.83 bits per heavy atom. The van der Waals surface area contributed by atoms with E-state index in [1.165, 1.54) is 11.3 Å². The van der Waals surface area contributed by atoms with Gasteiger partial charge in [0.05, 0.1) is 24.0 Å². The largest absolute Gasteiger partial charge is 0.381 e. The zero-order valence-electron chi connectivity index (χ0n) is 6.43. The zero-order chi connectivity index (χ0) is 8.81. The summed E-state index contributed by atoms with van der Waals surface area (Å²) in [4.78, 5) is 14.4. The van der Waals surface area contributed by atoms with E-state index in [1.807, 2.05) is 5.38 Å². The number of nitrogens with zero attached hydrogens (tertiary/aromatic N) is 1. The molecule has 12 heavy (non-hydrogen) atoms. The van der Waals surface area contributed by atoms with Crippen LogP contribution in [-0.2, 0) is 11.2 Å². The summed E-state index contributed by atoms with van der Waals surface area (Å²) in [6.07, 6.45) is 1.31. The Balaban J connectivity index is 2.42. The normalized spacial score (nSPS) is 12.8. The van der Waals surface area contributed by atoms with Gasteiger partial charge in [0.2, 0.25) is 0 Å². The summed E-state index contributed by atoms with van der Waals surface area (Å²) < 4.78 is 0. The van der Waals surface area contributed by atoms with Crippen molar-refractivity contribution in [1.29, 1.82) is 0 Å². The highest BCUT2D eigenvalue weighted by molar-refractivity contribution is 7.07. The molecular formula is C7H10N2O2S. The lowest BCUT2D eigenvalue weighted by atomic mass is 10.2. The minimum Gasteiger partial charge on any atom is -0.381 e. The van der Waals surface area contributed by atoms with Gasteiger partial charge in [-0.2, -0.15) is 0 Å².